The average molecular weight is 518 g/mol. The molecule has 1 N–H and O–H groups in total. The van der Waals surface area contributed by atoms with E-state index in [0.717, 1.165) is 22.4 Å². The zero-order valence-corrected chi connectivity index (χ0v) is 21.5. The van der Waals surface area contributed by atoms with Gasteiger partial charge in [0.05, 0.1) is 10.6 Å². The standard InChI is InChI=1S/C24H28ClN5O4S/c1-16-26-23(27-17(2)31)24(28(16)3)30-11-9-29(10-12-30)22(32)8-13-35(33,34)21-7-5-18-14-20(25)6-4-19(18)15-21/h4-7,14-15H,8-13H2,1-3H3,(H,27,31). The molecule has 1 aromatic heterocycles. The first-order valence-corrected chi connectivity index (χ1v) is 13.3. The summed E-state index contributed by atoms with van der Waals surface area (Å²) in [5.41, 5.74) is 0. The van der Waals surface area contributed by atoms with Crippen LogP contribution in [0, 0.1) is 6.92 Å². The summed E-state index contributed by atoms with van der Waals surface area (Å²) >= 11 is 6.00. The topological polar surface area (TPSA) is 105 Å². The van der Waals surface area contributed by atoms with Crippen LogP contribution in [0.4, 0.5) is 11.6 Å². The third-order valence-electron chi connectivity index (χ3n) is 6.23. The van der Waals surface area contributed by atoms with Crippen molar-refractivity contribution in [2.24, 2.45) is 7.05 Å². The Bertz CT molecular complexity index is 1390. The number of aryl methyl sites for hydroxylation is 1. The van der Waals surface area contributed by atoms with Gasteiger partial charge >= 0.3 is 0 Å². The molecule has 3 aromatic rings. The summed E-state index contributed by atoms with van der Waals surface area (Å²) in [6.45, 7) is 5.32. The van der Waals surface area contributed by atoms with E-state index in [1.807, 2.05) is 18.5 Å². The highest BCUT2D eigenvalue weighted by Crippen LogP contribution is 2.28. The van der Waals surface area contributed by atoms with E-state index in [2.05, 4.69) is 15.2 Å². The van der Waals surface area contributed by atoms with E-state index in [-0.39, 0.29) is 28.9 Å². The summed E-state index contributed by atoms with van der Waals surface area (Å²) in [7, 11) is -1.73. The van der Waals surface area contributed by atoms with Gasteiger partial charge in [-0.1, -0.05) is 23.7 Å². The molecule has 0 aliphatic carbocycles. The lowest BCUT2D eigenvalue weighted by atomic mass is 10.1. The summed E-state index contributed by atoms with van der Waals surface area (Å²) in [5.74, 6) is 1.42. The van der Waals surface area contributed by atoms with Crippen molar-refractivity contribution in [2.75, 3.05) is 42.1 Å². The SMILES string of the molecule is CC(=O)Nc1nc(C)n(C)c1N1CCN(C(=O)CCS(=O)(=O)c2ccc3cc(Cl)ccc3c2)CC1. The number of sulfone groups is 1. The lowest BCUT2D eigenvalue weighted by molar-refractivity contribution is -0.131. The Balaban J connectivity index is 1.37. The average Bonchev–Trinajstić information content (AvgIpc) is 3.09. The van der Waals surface area contributed by atoms with E-state index in [1.165, 1.54) is 6.92 Å². The highest BCUT2D eigenvalue weighted by Gasteiger charge is 2.27. The van der Waals surface area contributed by atoms with Crippen molar-refractivity contribution in [1.29, 1.82) is 0 Å². The van der Waals surface area contributed by atoms with Crippen molar-refractivity contribution in [1.82, 2.24) is 14.5 Å². The van der Waals surface area contributed by atoms with Gasteiger partial charge in [-0.2, -0.15) is 0 Å². The van der Waals surface area contributed by atoms with Gasteiger partial charge in [0.1, 0.15) is 5.82 Å². The molecule has 1 aliphatic heterocycles. The molecule has 186 valence electrons. The zero-order valence-electron chi connectivity index (χ0n) is 19.9. The molecule has 0 saturated carbocycles. The number of carbonyl (C=O) groups excluding carboxylic acids is 2. The number of amides is 2. The Labute approximate surface area is 209 Å². The number of rotatable bonds is 6. The molecule has 9 nitrogen and oxygen atoms in total. The molecular weight excluding hydrogens is 490 g/mol. The number of nitrogens with one attached hydrogen (secondary N) is 1. The van der Waals surface area contributed by atoms with Gasteiger partial charge in [-0.3, -0.25) is 9.59 Å². The van der Waals surface area contributed by atoms with Gasteiger partial charge in [0.15, 0.2) is 21.5 Å². The predicted octanol–water partition coefficient (Wildman–Crippen LogP) is 3.01. The van der Waals surface area contributed by atoms with Gasteiger partial charge in [0.25, 0.3) is 0 Å². The Kier molecular flexibility index (Phi) is 7.05. The van der Waals surface area contributed by atoms with Crippen LogP contribution in [0.15, 0.2) is 41.3 Å². The second-order valence-corrected chi connectivity index (χ2v) is 11.2. The maximum Gasteiger partial charge on any atom is 0.223 e. The van der Waals surface area contributed by atoms with E-state index < -0.39 is 9.84 Å². The van der Waals surface area contributed by atoms with Gasteiger partial charge in [0, 0.05) is 51.6 Å². The minimum atomic E-state index is -3.61. The molecule has 35 heavy (non-hydrogen) atoms. The summed E-state index contributed by atoms with van der Waals surface area (Å²) in [5, 5.41) is 4.99. The van der Waals surface area contributed by atoms with Crippen LogP contribution in [0.1, 0.15) is 19.2 Å². The van der Waals surface area contributed by atoms with Gasteiger partial charge < -0.3 is 19.7 Å². The monoisotopic (exact) mass is 517 g/mol. The van der Waals surface area contributed by atoms with Crippen LogP contribution in [-0.4, -0.2) is 66.6 Å². The fourth-order valence-corrected chi connectivity index (χ4v) is 5.71. The van der Waals surface area contributed by atoms with E-state index in [0.29, 0.717) is 37.0 Å². The van der Waals surface area contributed by atoms with Crippen molar-refractivity contribution >= 4 is 55.7 Å². The summed E-state index contributed by atoms with van der Waals surface area (Å²) < 4.78 is 27.7. The molecule has 4 rings (SSSR count). The summed E-state index contributed by atoms with van der Waals surface area (Å²) in [6.07, 6.45) is -0.0804. The molecule has 2 aromatic carbocycles. The number of imidazole rings is 1. The van der Waals surface area contributed by atoms with Gasteiger partial charge in [-0.15, -0.1) is 0 Å². The normalized spacial score (nSPS) is 14.4. The molecule has 2 heterocycles. The Morgan fingerprint density at radius 3 is 2.40 bits per heavy atom. The number of nitrogens with zero attached hydrogens (tertiary/aromatic N) is 4. The molecule has 0 atom stereocenters. The number of piperazine rings is 1. The van der Waals surface area contributed by atoms with Crippen LogP contribution < -0.4 is 10.2 Å². The molecule has 0 spiro atoms. The lowest BCUT2D eigenvalue weighted by Gasteiger charge is -2.36. The van der Waals surface area contributed by atoms with Crippen LogP contribution in [-0.2, 0) is 26.5 Å². The quantitative estimate of drug-likeness (QED) is 0.539. The molecule has 1 aliphatic rings. The van der Waals surface area contributed by atoms with Crippen LogP contribution in [0.25, 0.3) is 10.8 Å². The molecule has 11 heteroatoms. The van der Waals surface area contributed by atoms with Crippen molar-refractivity contribution in [3.63, 3.8) is 0 Å². The van der Waals surface area contributed by atoms with Crippen LogP contribution in [0.5, 0.6) is 0 Å². The molecule has 1 fully saturated rings. The van der Waals surface area contributed by atoms with Crippen molar-refractivity contribution in [2.45, 2.75) is 25.2 Å². The highest BCUT2D eigenvalue weighted by atomic mass is 35.5. The van der Waals surface area contributed by atoms with Gasteiger partial charge in [0.2, 0.25) is 11.8 Å². The maximum atomic E-state index is 12.9. The fraction of sp³-hybridized carbons (Fsp3) is 0.375. The van der Waals surface area contributed by atoms with Crippen molar-refractivity contribution < 1.29 is 18.0 Å². The third kappa shape index (κ3) is 5.43. The molecule has 0 radical (unpaired) electrons. The number of hydrogen-bond donors (Lipinski definition) is 1. The minimum absolute atomic E-state index is 0.0804. The molecular formula is C24H28ClN5O4S. The zero-order chi connectivity index (χ0) is 25.3. The van der Waals surface area contributed by atoms with Gasteiger partial charge in [-0.05, 0) is 42.0 Å². The molecule has 0 unspecified atom stereocenters. The number of carbonyl (C=O) groups is 2. The van der Waals surface area contributed by atoms with Gasteiger partial charge in [-0.25, -0.2) is 13.4 Å². The largest absolute Gasteiger partial charge is 0.351 e. The van der Waals surface area contributed by atoms with E-state index >= 15 is 0 Å². The molecule has 1 saturated heterocycles. The first kappa shape index (κ1) is 25.0. The first-order chi connectivity index (χ1) is 16.5. The third-order valence-corrected chi connectivity index (χ3v) is 8.18. The predicted molar refractivity (Wildman–Crippen MR) is 137 cm³/mol. The van der Waals surface area contributed by atoms with Crippen molar-refractivity contribution in [3.8, 4) is 0 Å². The molecule has 2 amide bonds. The number of anilines is 2. The minimum Gasteiger partial charge on any atom is -0.351 e. The Morgan fingerprint density at radius 2 is 1.71 bits per heavy atom. The number of benzene rings is 2. The van der Waals surface area contributed by atoms with Crippen molar-refractivity contribution in [3.05, 3.63) is 47.2 Å². The maximum absolute atomic E-state index is 12.9. The summed E-state index contributed by atoms with van der Waals surface area (Å²) in [6, 6.07) is 10.2. The smallest absolute Gasteiger partial charge is 0.223 e. The van der Waals surface area contributed by atoms with E-state index in [1.54, 1.807) is 41.3 Å². The van der Waals surface area contributed by atoms with Crippen LogP contribution in [0.2, 0.25) is 5.02 Å². The lowest BCUT2D eigenvalue weighted by Crippen LogP contribution is -2.49. The second kappa shape index (κ2) is 9.87. The first-order valence-electron chi connectivity index (χ1n) is 11.3. The second-order valence-electron chi connectivity index (χ2n) is 8.66. The van der Waals surface area contributed by atoms with Crippen LogP contribution >= 0.6 is 11.6 Å². The number of hydrogen-bond acceptors (Lipinski definition) is 6. The summed E-state index contributed by atoms with van der Waals surface area (Å²) in [4.78, 5) is 32.8. The van der Waals surface area contributed by atoms with E-state index in [9.17, 15) is 18.0 Å². The Morgan fingerprint density at radius 1 is 1.06 bits per heavy atom. The highest BCUT2D eigenvalue weighted by molar-refractivity contribution is 7.91. The Hall–Kier alpha value is -3.11. The number of aromatic nitrogens is 2. The van der Waals surface area contributed by atoms with Crippen LogP contribution in [0.3, 0.4) is 0 Å². The molecule has 0 bridgehead atoms. The number of fused-ring (bicyclic) bond motifs is 1. The van der Waals surface area contributed by atoms with E-state index in [4.69, 9.17) is 11.6 Å². The fourth-order valence-electron chi connectivity index (χ4n) is 4.26. The number of halogens is 1.